The van der Waals surface area contributed by atoms with Crippen molar-refractivity contribution in [3.8, 4) is 0 Å². The fraction of sp³-hybridized carbons (Fsp3) is 0.500. The second-order valence-electron chi connectivity index (χ2n) is 5.81. The Bertz CT molecular complexity index is 520. The molecule has 2 N–H and O–H groups in total. The zero-order valence-corrected chi connectivity index (χ0v) is 13.5. The van der Waals surface area contributed by atoms with Gasteiger partial charge in [-0.3, -0.25) is 15.0 Å². The molecule has 5 nitrogen and oxygen atoms in total. The van der Waals surface area contributed by atoms with Crippen LogP contribution in [0.4, 0.5) is 9.18 Å². The minimum Gasteiger partial charge on any atom is -0.338 e. The minimum atomic E-state index is -0.506. The van der Waals surface area contributed by atoms with Crippen LogP contribution in [0.15, 0.2) is 24.3 Å². The van der Waals surface area contributed by atoms with Crippen LogP contribution in [0.25, 0.3) is 0 Å². The maximum atomic E-state index is 13.1. The van der Waals surface area contributed by atoms with Crippen LogP contribution in [-0.2, 0) is 11.3 Å². The lowest BCUT2D eigenvalue weighted by Gasteiger charge is -2.23. The van der Waals surface area contributed by atoms with Crippen LogP contribution >= 0.6 is 0 Å². The van der Waals surface area contributed by atoms with Crippen molar-refractivity contribution in [1.29, 1.82) is 0 Å². The van der Waals surface area contributed by atoms with Gasteiger partial charge in [0.1, 0.15) is 5.82 Å². The quantitative estimate of drug-likeness (QED) is 0.846. The summed E-state index contributed by atoms with van der Waals surface area (Å²) in [6.07, 6.45) is 0. The first kappa shape index (κ1) is 18.1. The maximum absolute atomic E-state index is 13.1. The molecule has 0 radical (unpaired) electrons. The summed E-state index contributed by atoms with van der Waals surface area (Å²) in [7, 11) is 1.75. The standard InChI is InChI=1S/C16H24FN3O2/c1-11(2)9-18-16(22)19-15(21)12(3)20(4)10-13-6-5-7-14(17)8-13/h5-8,11-12H,9-10H2,1-4H3,(H2,18,19,21,22). The van der Waals surface area contributed by atoms with E-state index in [1.165, 1.54) is 12.1 Å². The number of urea groups is 1. The number of hydrogen-bond acceptors (Lipinski definition) is 3. The number of carbonyl (C=O) groups is 2. The monoisotopic (exact) mass is 309 g/mol. The average Bonchev–Trinajstić information content (AvgIpc) is 2.44. The van der Waals surface area contributed by atoms with Gasteiger partial charge in [-0.2, -0.15) is 0 Å². The number of imide groups is 1. The number of nitrogens with zero attached hydrogens (tertiary/aromatic N) is 1. The van der Waals surface area contributed by atoms with Crippen molar-refractivity contribution in [2.75, 3.05) is 13.6 Å². The summed E-state index contributed by atoms with van der Waals surface area (Å²) in [6, 6.07) is 5.22. The Morgan fingerprint density at radius 2 is 1.95 bits per heavy atom. The third-order valence-corrected chi connectivity index (χ3v) is 3.27. The van der Waals surface area contributed by atoms with Gasteiger partial charge in [0, 0.05) is 13.1 Å². The molecule has 1 aromatic carbocycles. The molecular weight excluding hydrogens is 285 g/mol. The predicted octanol–water partition coefficient (Wildman–Crippen LogP) is 2.13. The van der Waals surface area contributed by atoms with Crippen molar-refractivity contribution in [1.82, 2.24) is 15.5 Å². The Labute approximate surface area is 130 Å². The predicted molar refractivity (Wildman–Crippen MR) is 83.7 cm³/mol. The molecule has 0 saturated carbocycles. The van der Waals surface area contributed by atoms with Crippen molar-refractivity contribution < 1.29 is 14.0 Å². The summed E-state index contributed by atoms with van der Waals surface area (Å²) in [5, 5.41) is 4.93. The lowest BCUT2D eigenvalue weighted by atomic mass is 10.2. The van der Waals surface area contributed by atoms with Crippen LogP contribution in [-0.4, -0.2) is 36.5 Å². The summed E-state index contributed by atoms with van der Waals surface area (Å²) in [5.74, 6) is -0.384. The van der Waals surface area contributed by atoms with Crippen molar-refractivity contribution in [2.24, 2.45) is 5.92 Å². The normalized spacial score (nSPS) is 12.3. The van der Waals surface area contributed by atoms with E-state index in [1.807, 2.05) is 13.8 Å². The van der Waals surface area contributed by atoms with Gasteiger partial charge in [-0.15, -0.1) is 0 Å². The molecule has 6 heteroatoms. The number of nitrogens with one attached hydrogen (secondary N) is 2. The van der Waals surface area contributed by atoms with Gasteiger partial charge in [-0.1, -0.05) is 26.0 Å². The topological polar surface area (TPSA) is 61.4 Å². The van der Waals surface area contributed by atoms with Gasteiger partial charge in [-0.25, -0.2) is 9.18 Å². The molecular formula is C16H24FN3O2. The molecule has 1 unspecified atom stereocenters. The molecule has 0 aliphatic carbocycles. The van der Waals surface area contributed by atoms with Gasteiger partial charge in [0.15, 0.2) is 0 Å². The number of rotatable bonds is 6. The van der Waals surface area contributed by atoms with Crippen molar-refractivity contribution >= 4 is 11.9 Å². The molecule has 0 saturated heterocycles. The van der Waals surface area contributed by atoms with E-state index in [0.717, 1.165) is 5.56 Å². The number of likely N-dealkylation sites (N-methyl/N-ethyl adjacent to an activating group) is 1. The highest BCUT2D eigenvalue weighted by Crippen LogP contribution is 2.08. The first-order valence-corrected chi connectivity index (χ1v) is 7.33. The molecule has 1 atom stereocenters. The first-order chi connectivity index (χ1) is 10.3. The molecule has 0 aliphatic rings. The molecule has 0 spiro atoms. The molecule has 22 heavy (non-hydrogen) atoms. The van der Waals surface area contributed by atoms with Gasteiger partial charge in [-0.05, 0) is 37.6 Å². The lowest BCUT2D eigenvalue weighted by Crippen LogP contribution is -2.48. The van der Waals surface area contributed by atoms with Gasteiger partial charge in [0.05, 0.1) is 6.04 Å². The second kappa shape index (κ2) is 8.48. The zero-order valence-electron chi connectivity index (χ0n) is 13.5. The van der Waals surface area contributed by atoms with Crippen LogP contribution in [0.2, 0.25) is 0 Å². The zero-order chi connectivity index (χ0) is 16.7. The second-order valence-corrected chi connectivity index (χ2v) is 5.81. The number of amides is 3. The smallest absolute Gasteiger partial charge is 0.321 e. The summed E-state index contributed by atoms with van der Waals surface area (Å²) in [4.78, 5) is 25.3. The van der Waals surface area contributed by atoms with E-state index in [2.05, 4.69) is 10.6 Å². The number of carbonyl (C=O) groups excluding carboxylic acids is 2. The molecule has 0 aromatic heterocycles. The van der Waals surface area contributed by atoms with Crippen LogP contribution < -0.4 is 10.6 Å². The van der Waals surface area contributed by atoms with Gasteiger partial charge in [0.2, 0.25) is 5.91 Å². The number of benzene rings is 1. The SMILES string of the molecule is CC(C)CNC(=O)NC(=O)C(C)N(C)Cc1cccc(F)c1. The molecule has 1 aromatic rings. The van der Waals surface area contributed by atoms with Crippen molar-refractivity contribution in [3.05, 3.63) is 35.6 Å². The highest BCUT2D eigenvalue weighted by atomic mass is 19.1. The van der Waals surface area contributed by atoms with Crippen molar-refractivity contribution in [2.45, 2.75) is 33.4 Å². The van der Waals surface area contributed by atoms with Crippen LogP contribution in [0.1, 0.15) is 26.3 Å². The minimum absolute atomic E-state index is 0.309. The summed E-state index contributed by atoms with van der Waals surface area (Å²) < 4.78 is 13.1. The molecule has 1 rings (SSSR count). The molecule has 0 heterocycles. The summed E-state index contributed by atoms with van der Waals surface area (Å²) in [5.41, 5.74) is 0.770. The van der Waals surface area contributed by atoms with E-state index >= 15 is 0 Å². The van der Waals surface area contributed by atoms with Crippen LogP contribution in [0.3, 0.4) is 0 Å². The van der Waals surface area contributed by atoms with E-state index < -0.39 is 12.1 Å². The fourth-order valence-corrected chi connectivity index (χ4v) is 1.82. The average molecular weight is 309 g/mol. The number of halogens is 1. The molecule has 122 valence electrons. The Morgan fingerprint density at radius 1 is 1.27 bits per heavy atom. The Morgan fingerprint density at radius 3 is 2.55 bits per heavy atom. The van der Waals surface area contributed by atoms with E-state index in [0.29, 0.717) is 19.0 Å². The van der Waals surface area contributed by atoms with Gasteiger partial charge < -0.3 is 5.32 Å². The van der Waals surface area contributed by atoms with Gasteiger partial charge in [0.25, 0.3) is 0 Å². The van der Waals surface area contributed by atoms with E-state index in [1.54, 1.807) is 31.0 Å². The Balaban J connectivity index is 2.49. The summed E-state index contributed by atoms with van der Waals surface area (Å²) in [6.45, 7) is 6.56. The molecule has 0 bridgehead atoms. The Kier molecular flexibility index (Phi) is 6.98. The molecule has 0 aliphatic heterocycles. The molecule has 3 amide bonds. The lowest BCUT2D eigenvalue weighted by molar-refractivity contribution is -0.124. The third-order valence-electron chi connectivity index (χ3n) is 3.27. The van der Waals surface area contributed by atoms with Gasteiger partial charge >= 0.3 is 6.03 Å². The fourth-order valence-electron chi connectivity index (χ4n) is 1.82. The van der Waals surface area contributed by atoms with Crippen LogP contribution in [0.5, 0.6) is 0 Å². The highest BCUT2D eigenvalue weighted by molar-refractivity contribution is 5.96. The maximum Gasteiger partial charge on any atom is 0.321 e. The Hall–Kier alpha value is -1.95. The van der Waals surface area contributed by atoms with Crippen LogP contribution in [0, 0.1) is 11.7 Å². The largest absolute Gasteiger partial charge is 0.338 e. The van der Waals surface area contributed by atoms with E-state index in [9.17, 15) is 14.0 Å². The third kappa shape index (κ3) is 6.22. The van der Waals surface area contributed by atoms with E-state index in [4.69, 9.17) is 0 Å². The highest BCUT2D eigenvalue weighted by Gasteiger charge is 2.20. The van der Waals surface area contributed by atoms with Crippen molar-refractivity contribution in [3.63, 3.8) is 0 Å². The van der Waals surface area contributed by atoms with E-state index in [-0.39, 0.29) is 11.7 Å². The first-order valence-electron chi connectivity index (χ1n) is 7.33. The number of hydrogen-bond donors (Lipinski definition) is 2. The molecule has 0 fully saturated rings. The summed E-state index contributed by atoms with van der Waals surface area (Å²) >= 11 is 0.